The first-order chi connectivity index (χ1) is 24.3. The Morgan fingerprint density at radius 2 is 1.16 bits per heavy atom. The monoisotopic (exact) mass is 676 g/mol. The molecular formula is C40H44N4O6. The third-order valence-electron chi connectivity index (χ3n) is 11.4. The Hall–Kier alpha value is -5.12. The zero-order valence-electron chi connectivity index (χ0n) is 28.4. The van der Waals surface area contributed by atoms with Gasteiger partial charge in [-0.3, -0.25) is 9.59 Å². The lowest BCUT2D eigenvalue weighted by atomic mass is 9.80. The molecule has 2 aromatic carbocycles. The molecule has 2 aromatic heterocycles. The first kappa shape index (κ1) is 33.4. The predicted octanol–water partition coefficient (Wildman–Crippen LogP) is 6.22. The maximum atomic E-state index is 12.6. The van der Waals surface area contributed by atoms with Crippen molar-refractivity contribution in [3.63, 3.8) is 0 Å². The van der Waals surface area contributed by atoms with E-state index in [1.807, 2.05) is 12.1 Å². The normalized spacial score (nSPS) is 27.2. The van der Waals surface area contributed by atoms with Gasteiger partial charge >= 0.3 is 0 Å². The molecule has 0 spiro atoms. The highest BCUT2D eigenvalue weighted by Gasteiger charge is 2.48. The van der Waals surface area contributed by atoms with Gasteiger partial charge in [0.05, 0.1) is 14.2 Å². The van der Waals surface area contributed by atoms with Crippen LogP contribution in [-0.2, 0) is 0 Å². The van der Waals surface area contributed by atoms with Gasteiger partial charge in [0.15, 0.2) is 34.4 Å². The van der Waals surface area contributed by atoms with Crippen molar-refractivity contribution in [3.05, 3.63) is 108 Å². The summed E-state index contributed by atoms with van der Waals surface area (Å²) in [5, 5.41) is 26.4. The van der Waals surface area contributed by atoms with E-state index in [9.17, 15) is 19.8 Å². The summed E-state index contributed by atoms with van der Waals surface area (Å²) in [6, 6.07) is 24.6. The van der Waals surface area contributed by atoms with Gasteiger partial charge < -0.3 is 30.3 Å². The summed E-state index contributed by atoms with van der Waals surface area (Å²) in [6.07, 6.45) is 9.55. The smallest absolute Gasteiger partial charge is 0.274 e. The van der Waals surface area contributed by atoms with Gasteiger partial charge in [-0.1, -0.05) is 60.7 Å². The lowest BCUT2D eigenvalue weighted by molar-refractivity contribution is 0.0902. The largest absolute Gasteiger partial charge is 0.503 e. The molecule has 4 saturated carbocycles. The average molecular weight is 677 g/mol. The maximum absolute atomic E-state index is 12.6. The molecule has 4 aliphatic carbocycles. The number of nitrogens with one attached hydrogen (secondary N) is 2. The van der Waals surface area contributed by atoms with E-state index in [0.29, 0.717) is 35.5 Å². The van der Waals surface area contributed by atoms with Gasteiger partial charge in [0.2, 0.25) is 0 Å². The summed E-state index contributed by atoms with van der Waals surface area (Å²) in [4.78, 5) is 33.2. The number of benzene rings is 2. The van der Waals surface area contributed by atoms with Gasteiger partial charge in [0, 0.05) is 36.6 Å². The fourth-order valence-corrected chi connectivity index (χ4v) is 9.17. The molecule has 10 nitrogen and oxygen atoms in total. The van der Waals surface area contributed by atoms with Crippen molar-refractivity contribution in [3.8, 4) is 23.0 Å². The zero-order chi connectivity index (χ0) is 34.8. The zero-order valence-corrected chi connectivity index (χ0v) is 28.4. The van der Waals surface area contributed by atoms with Gasteiger partial charge in [-0.2, -0.15) is 0 Å². The van der Waals surface area contributed by atoms with Crippen LogP contribution in [0.15, 0.2) is 85.2 Å². The van der Waals surface area contributed by atoms with E-state index in [4.69, 9.17) is 9.47 Å². The summed E-state index contributed by atoms with van der Waals surface area (Å²) in [6.45, 7) is 0. The standard InChI is InChI=1S/2C20H22N2O3/c1-25-17-7-8-21-18(19(17)23)20(24)22-16-11-12-9-14(15(16)10-12)13-5-3-2-4-6-13;1-25-17-7-8-21-18(19(17)23)20(24)22-16-11-13-9-14(16)10-15(13)12-5-3-2-4-6-12/h2-8,12,14-16,23H,9-11H2,1H3,(H,22,24);2-8,13-16,23H,9-11H2,1H3,(H,22,24)/t12?,14-,15?,16-;13?,14?,15-,16+/m11/s1. The molecule has 2 amide bonds. The summed E-state index contributed by atoms with van der Waals surface area (Å²) in [5.74, 6) is 2.77. The minimum absolute atomic E-state index is 0.0263. The van der Waals surface area contributed by atoms with Crippen LogP contribution in [0, 0.1) is 23.7 Å². The van der Waals surface area contributed by atoms with Crippen LogP contribution in [0.1, 0.15) is 82.5 Å². The number of amides is 2. The van der Waals surface area contributed by atoms with Crippen LogP contribution in [0.3, 0.4) is 0 Å². The van der Waals surface area contributed by atoms with Crippen LogP contribution in [-0.4, -0.2) is 58.3 Å². The third-order valence-corrected chi connectivity index (χ3v) is 11.4. The SMILES string of the molecule is COc1ccnc(C(=O)N[C@@H]2CC3CC2[C@@H](c2ccccc2)C3)c1O.COc1ccnc(C(=O)N[C@H]2CC3CC2C[C@@H]3c2ccccc2)c1O. The molecule has 8 atom stereocenters. The molecule has 8 rings (SSSR count). The van der Waals surface area contributed by atoms with Crippen LogP contribution in [0.4, 0.5) is 0 Å². The number of methoxy groups -OCH3 is 2. The van der Waals surface area contributed by atoms with E-state index >= 15 is 0 Å². The maximum Gasteiger partial charge on any atom is 0.274 e. The lowest BCUT2D eigenvalue weighted by Crippen LogP contribution is -2.41. The van der Waals surface area contributed by atoms with Crippen LogP contribution >= 0.6 is 0 Å². The molecule has 260 valence electrons. The van der Waals surface area contributed by atoms with E-state index in [1.54, 1.807) is 0 Å². The summed E-state index contributed by atoms with van der Waals surface area (Å²) in [5.41, 5.74) is 2.82. The lowest BCUT2D eigenvalue weighted by Gasteiger charge is -2.30. The van der Waals surface area contributed by atoms with E-state index in [2.05, 4.69) is 69.1 Å². The second-order valence-electron chi connectivity index (χ2n) is 14.1. The summed E-state index contributed by atoms with van der Waals surface area (Å²) < 4.78 is 10.1. The second kappa shape index (κ2) is 14.4. The molecule has 2 heterocycles. The second-order valence-corrected chi connectivity index (χ2v) is 14.1. The van der Waals surface area contributed by atoms with Crippen molar-refractivity contribution in [1.82, 2.24) is 20.6 Å². The van der Waals surface area contributed by atoms with E-state index < -0.39 is 0 Å². The summed E-state index contributed by atoms with van der Waals surface area (Å²) >= 11 is 0. The molecule has 4 aliphatic rings. The molecule has 10 heteroatoms. The highest BCUT2D eigenvalue weighted by Crippen LogP contribution is 2.54. The minimum atomic E-state index is -0.333. The van der Waals surface area contributed by atoms with Gasteiger partial charge in [0.1, 0.15) is 0 Å². The Labute approximate surface area is 292 Å². The van der Waals surface area contributed by atoms with Crippen molar-refractivity contribution in [2.75, 3.05) is 14.2 Å². The highest BCUT2D eigenvalue weighted by molar-refractivity contribution is 5.96. The van der Waals surface area contributed by atoms with Crippen molar-refractivity contribution in [1.29, 1.82) is 0 Å². The number of hydrogen-bond acceptors (Lipinski definition) is 8. The van der Waals surface area contributed by atoms with E-state index in [-0.39, 0.29) is 58.3 Å². The number of carbonyl (C=O) groups is 2. The van der Waals surface area contributed by atoms with Crippen LogP contribution in [0.2, 0.25) is 0 Å². The van der Waals surface area contributed by atoms with Crippen LogP contribution < -0.4 is 20.1 Å². The Kier molecular flexibility index (Phi) is 9.61. The van der Waals surface area contributed by atoms with Crippen molar-refractivity contribution >= 4 is 11.8 Å². The number of pyridine rings is 2. The van der Waals surface area contributed by atoms with Gasteiger partial charge in [-0.25, -0.2) is 9.97 Å². The van der Waals surface area contributed by atoms with Gasteiger partial charge in [-0.05, 0) is 85.2 Å². The molecule has 4 aromatic rings. The van der Waals surface area contributed by atoms with Crippen LogP contribution in [0.5, 0.6) is 23.0 Å². The number of aromatic nitrogens is 2. The molecule has 4 unspecified atom stereocenters. The highest BCUT2D eigenvalue weighted by atomic mass is 16.5. The first-order valence-corrected chi connectivity index (χ1v) is 17.5. The fourth-order valence-electron chi connectivity index (χ4n) is 9.17. The summed E-state index contributed by atoms with van der Waals surface area (Å²) in [7, 11) is 2.91. The number of fused-ring (bicyclic) bond motifs is 4. The molecule has 0 aliphatic heterocycles. The van der Waals surface area contributed by atoms with E-state index in [0.717, 1.165) is 32.1 Å². The number of rotatable bonds is 8. The molecular weight excluding hydrogens is 632 g/mol. The molecule has 4 bridgehead atoms. The number of ether oxygens (including phenoxy) is 2. The van der Waals surface area contributed by atoms with Gasteiger partial charge in [0.25, 0.3) is 11.8 Å². The van der Waals surface area contributed by atoms with Crippen molar-refractivity contribution in [2.24, 2.45) is 23.7 Å². The Morgan fingerprint density at radius 3 is 1.66 bits per heavy atom. The third kappa shape index (κ3) is 6.58. The predicted molar refractivity (Wildman–Crippen MR) is 187 cm³/mol. The number of hydrogen-bond donors (Lipinski definition) is 4. The average Bonchev–Trinajstić information content (AvgIpc) is 3.95. The molecule has 50 heavy (non-hydrogen) atoms. The number of aromatic hydroxyl groups is 2. The van der Waals surface area contributed by atoms with Crippen molar-refractivity contribution < 1.29 is 29.3 Å². The molecule has 0 radical (unpaired) electrons. The molecule has 4 N–H and O–H groups in total. The molecule has 4 fully saturated rings. The number of nitrogens with zero attached hydrogens (tertiary/aromatic N) is 2. The van der Waals surface area contributed by atoms with E-state index in [1.165, 1.54) is 56.3 Å². The Bertz CT molecular complexity index is 1820. The van der Waals surface area contributed by atoms with Gasteiger partial charge in [-0.15, -0.1) is 0 Å². The fraction of sp³-hybridized carbons (Fsp3) is 0.400. The quantitative estimate of drug-likeness (QED) is 0.172. The van der Waals surface area contributed by atoms with Crippen LogP contribution in [0.25, 0.3) is 0 Å². The number of carbonyl (C=O) groups excluding carboxylic acids is 2. The Balaban J connectivity index is 0.000000157. The molecule has 0 saturated heterocycles. The topological polar surface area (TPSA) is 143 Å². The first-order valence-electron chi connectivity index (χ1n) is 17.5. The van der Waals surface area contributed by atoms with Crippen molar-refractivity contribution in [2.45, 2.75) is 62.4 Å². The minimum Gasteiger partial charge on any atom is -0.503 e. The Morgan fingerprint density at radius 1 is 0.620 bits per heavy atom.